The maximum absolute atomic E-state index is 5.51. The predicted octanol–water partition coefficient (Wildman–Crippen LogP) is 3.84. The maximum atomic E-state index is 5.51. The van der Waals surface area contributed by atoms with Gasteiger partial charge in [0.15, 0.2) is 11.6 Å². The zero-order valence-corrected chi connectivity index (χ0v) is 19.1. The van der Waals surface area contributed by atoms with Crippen LogP contribution in [0.15, 0.2) is 48.8 Å². The molecule has 5 rings (SSSR count). The molecule has 3 heterocycles. The smallest absolute Gasteiger partial charge is 0.155 e. The summed E-state index contributed by atoms with van der Waals surface area (Å²) in [5.41, 5.74) is 6.00. The fourth-order valence-corrected chi connectivity index (χ4v) is 4.08. The van der Waals surface area contributed by atoms with Crippen LogP contribution in [0.2, 0.25) is 0 Å². The van der Waals surface area contributed by atoms with Gasteiger partial charge in [-0.05, 0) is 37.3 Å². The van der Waals surface area contributed by atoms with Gasteiger partial charge in [-0.15, -0.1) is 6.42 Å². The lowest BCUT2D eigenvalue weighted by atomic mass is 10.1. The highest BCUT2D eigenvalue weighted by Gasteiger charge is 2.17. The fraction of sp³-hybridized carbons (Fsp3) is 0.231. The first kappa shape index (κ1) is 21.7. The Balaban J connectivity index is 1.47. The highest BCUT2D eigenvalue weighted by atomic mass is 16.5. The standard InChI is InChI=1S/C26H26N7O/c1-4-12-27-26-24(21-6-5-7-22-23(21)28-17-32(22)3)29-18(2)25(31-26)30-19-8-10-20(11-9-19)33-13-15-34-16-14-33/h1,5-11,17H,2,12-16H2,3H3,(H2,27,30,31). The van der Waals surface area contributed by atoms with Crippen LogP contribution in [0.5, 0.6) is 0 Å². The molecule has 0 unspecified atom stereocenters. The molecule has 0 atom stereocenters. The molecule has 2 aromatic carbocycles. The van der Waals surface area contributed by atoms with Gasteiger partial charge in [-0.1, -0.05) is 18.1 Å². The van der Waals surface area contributed by atoms with E-state index in [9.17, 15) is 0 Å². The van der Waals surface area contributed by atoms with E-state index >= 15 is 0 Å². The quantitative estimate of drug-likeness (QED) is 0.430. The lowest BCUT2D eigenvalue weighted by Gasteiger charge is -2.29. The minimum atomic E-state index is 0.323. The zero-order chi connectivity index (χ0) is 23.5. The number of para-hydroxylation sites is 1. The lowest BCUT2D eigenvalue weighted by Crippen LogP contribution is -2.36. The van der Waals surface area contributed by atoms with Crippen LogP contribution in [0.4, 0.5) is 23.0 Å². The number of ether oxygens (including phenoxy) is 1. The van der Waals surface area contributed by atoms with Crippen molar-refractivity contribution in [3.8, 4) is 23.6 Å². The molecule has 8 heteroatoms. The number of imidazole rings is 1. The molecule has 1 saturated heterocycles. The van der Waals surface area contributed by atoms with E-state index in [4.69, 9.17) is 21.1 Å². The van der Waals surface area contributed by atoms with Crippen molar-refractivity contribution >= 4 is 34.0 Å². The van der Waals surface area contributed by atoms with E-state index in [1.54, 1.807) is 6.33 Å². The monoisotopic (exact) mass is 452 g/mol. The summed E-state index contributed by atoms with van der Waals surface area (Å²) in [6.07, 6.45) is 7.30. The molecule has 0 bridgehead atoms. The summed E-state index contributed by atoms with van der Waals surface area (Å²) in [6, 6.07) is 14.2. The van der Waals surface area contributed by atoms with Crippen LogP contribution >= 0.6 is 0 Å². The third kappa shape index (κ3) is 4.26. The molecule has 0 amide bonds. The Bertz CT molecular complexity index is 1350. The number of rotatable bonds is 6. The lowest BCUT2D eigenvalue weighted by molar-refractivity contribution is 0.122. The molecule has 1 aliphatic heterocycles. The van der Waals surface area contributed by atoms with Gasteiger partial charge in [-0.2, -0.15) is 0 Å². The van der Waals surface area contributed by atoms with Crippen LogP contribution in [0.1, 0.15) is 5.69 Å². The maximum Gasteiger partial charge on any atom is 0.155 e. The van der Waals surface area contributed by atoms with Crippen LogP contribution in [0.25, 0.3) is 22.3 Å². The van der Waals surface area contributed by atoms with Gasteiger partial charge >= 0.3 is 0 Å². The molecule has 8 nitrogen and oxygen atoms in total. The van der Waals surface area contributed by atoms with Crippen LogP contribution in [-0.2, 0) is 11.8 Å². The Morgan fingerprint density at radius 1 is 1.09 bits per heavy atom. The minimum Gasteiger partial charge on any atom is -0.378 e. The number of aromatic nitrogens is 4. The molecule has 0 saturated carbocycles. The van der Waals surface area contributed by atoms with Crippen LogP contribution in [-0.4, -0.2) is 52.4 Å². The summed E-state index contributed by atoms with van der Waals surface area (Å²) < 4.78 is 7.42. The molecule has 2 N–H and O–H groups in total. The number of morpholine rings is 1. The Morgan fingerprint density at radius 2 is 1.88 bits per heavy atom. The van der Waals surface area contributed by atoms with E-state index in [1.807, 2.05) is 41.9 Å². The molecule has 34 heavy (non-hydrogen) atoms. The zero-order valence-electron chi connectivity index (χ0n) is 19.1. The summed E-state index contributed by atoms with van der Waals surface area (Å²) in [4.78, 5) is 16.5. The van der Waals surface area contributed by atoms with Crippen LogP contribution < -0.4 is 15.5 Å². The number of nitrogens with zero attached hydrogens (tertiary/aromatic N) is 5. The highest BCUT2D eigenvalue weighted by molar-refractivity contribution is 5.94. The second kappa shape index (κ2) is 9.41. The number of nitrogens with one attached hydrogen (secondary N) is 2. The van der Waals surface area contributed by atoms with Crippen molar-refractivity contribution in [3.63, 3.8) is 0 Å². The van der Waals surface area contributed by atoms with Crippen molar-refractivity contribution in [2.24, 2.45) is 7.05 Å². The molecule has 171 valence electrons. The predicted molar refractivity (Wildman–Crippen MR) is 136 cm³/mol. The minimum absolute atomic E-state index is 0.323. The van der Waals surface area contributed by atoms with E-state index in [0.29, 0.717) is 29.6 Å². The average Bonchev–Trinajstić information content (AvgIpc) is 3.26. The number of fused-ring (bicyclic) bond motifs is 1. The number of hydrogen-bond acceptors (Lipinski definition) is 7. The number of anilines is 4. The molecule has 1 radical (unpaired) electrons. The Labute approximate surface area is 199 Å². The fourth-order valence-electron chi connectivity index (χ4n) is 4.08. The van der Waals surface area contributed by atoms with E-state index in [-0.39, 0.29) is 0 Å². The number of hydrogen-bond donors (Lipinski definition) is 2. The first-order valence-corrected chi connectivity index (χ1v) is 11.2. The van der Waals surface area contributed by atoms with E-state index in [0.717, 1.165) is 48.6 Å². The third-order valence-corrected chi connectivity index (χ3v) is 5.84. The second-order valence-corrected chi connectivity index (χ2v) is 8.07. The molecule has 2 aromatic heterocycles. The second-order valence-electron chi connectivity index (χ2n) is 8.07. The molecule has 0 aliphatic carbocycles. The first-order chi connectivity index (χ1) is 16.6. The number of aryl methyl sites for hydroxylation is 1. The molecule has 0 spiro atoms. The van der Waals surface area contributed by atoms with E-state index in [2.05, 4.69) is 45.5 Å². The van der Waals surface area contributed by atoms with Gasteiger partial charge in [0.25, 0.3) is 0 Å². The van der Waals surface area contributed by atoms with Gasteiger partial charge in [0.2, 0.25) is 0 Å². The summed E-state index contributed by atoms with van der Waals surface area (Å²) in [5.74, 6) is 3.75. The molecule has 1 fully saturated rings. The van der Waals surface area contributed by atoms with Crippen molar-refractivity contribution < 1.29 is 4.74 Å². The average molecular weight is 453 g/mol. The topological polar surface area (TPSA) is 80.1 Å². The van der Waals surface area contributed by atoms with Crippen molar-refractivity contribution in [2.75, 3.05) is 48.4 Å². The third-order valence-electron chi connectivity index (χ3n) is 5.84. The van der Waals surface area contributed by atoms with E-state index in [1.165, 1.54) is 5.69 Å². The molecular formula is C26H26N7O. The van der Waals surface area contributed by atoms with Gasteiger partial charge < -0.3 is 24.8 Å². The Morgan fingerprint density at radius 3 is 2.65 bits per heavy atom. The van der Waals surface area contributed by atoms with Crippen molar-refractivity contribution in [2.45, 2.75) is 0 Å². The van der Waals surface area contributed by atoms with Gasteiger partial charge in [0.05, 0.1) is 42.8 Å². The normalized spacial score (nSPS) is 13.6. The summed E-state index contributed by atoms with van der Waals surface area (Å²) in [6.45, 7) is 7.78. The largest absolute Gasteiger partial charge is 0.378 e. The van der Waals surface area contributed by atoms with Gasteiger partial charge in [0, 0.05) is 37.1 Å². The number of terminal acetylenes is 1. The highest BCUT2D eigenvalue weighted by Crippen LogP contribution is 2.33. The molecule has 1 aliphatic rings. The Kier molecular flexibility index (Phi) is 6.02. The van der Waals surface area contributed by atoms with Crippen molar-refractivity contribution in [3.05, 3.63) is 61.4 Å². The van der Waals surface area contributed by atoms with Crippen LogP contribution in [0.3, 0.4) is 0 Å². The summed E-state index contributed by atoms with van der Waals surface area (Å²) >= 11 is 0. The van der Waals surface area contributed by atoms with E-state index < -0.39 is 0 Å². The van der Waals surface area contributed by atoms with Crippen LogP contribution in [0, 0.1) is 19.3 Å². The number of benzene rings is 2. The Hall–Kier alpha value is -4.09. The molecule has 4 aromatic rings. The SMILES string of the molecule is C#CCNc1nc(Nc2ccc(N3CCOCC3)cc2)c([CH2])nc1-c1cccc2c1ncn2C. The van der Waals surface area contributed by atoms with Gasteiger partial charge in [-0.25, -0.2) is 15.0 Å². The van der Waals surface area contributed by atoms with Crippen molar-refractivity contribution in [1.82, 2.24) is 19.5 Å². The van der Waals surface area contributed by atoms with Gasteiger partial charge in [0.1, 0.15) is 5.69 Å². The van der Waals surface area contributed by atoms with Gasteiger partial charge in [-0.3, -0.25) is 0 Å². The van der Waals surface area contributed by atoms with Crippen molar-refractivity contribution in [1.29, 1.82) is 0 Å². The summed E-state index contributed by atoms with van der Waals surface area (Å²) in [5, 5.41) is 6.56. The molecular weight excluding hydrogens is 426 g/mol. The summed E-state index contributed by atoms with van der Waals surface area (Å²) in [7, 11) is 1.96. The first-order valence-electron chi connectivity index (χ1n) is 11.2.